The van der Waals surface area contributed by atoms with Crippen molar-refractivity contribution in [2.45, 2.75) is 140 Å². The van der Waals surface area contributed by atoms with Crippen molar-refractivity contribution >= 4 is 30.2 Å². The van der Waals surface area contributed by atoms with Crippen LogP contribution in [0.2, 0.25) is 69.5 Å². The summed E-state index contributed by atoms with van der Waals surface area (Å²) in [6.07, 6.45) is -0.0474. The lowest BCUT2D eigenvalue weighted by molar-refractivity contribution is -0.190. The highest BCUT2D eigenvalue weighted by atomic mass is 28.4. The molecule has 54 heavy (non-hydrogen) atoms. The van der Waals surface area contributed by atoms with E-state index in [2.05, 4.69) is 71.9 Å². The molecule has 1 aliphatic rings. The molecule has 2 aromatic rings. The maximum absolute atomic E-state index is 14.5. The number of carbonyl (C=O) groups is 1. The van der Waals surface area contributed by atoms with E-state index < -0.39 is 55.0 Å². The summed E-state index contributed by atoms with van der Waals surface area (Å²) < 4.78 is 45.1. The van der Waals surface area contributed by atoms with Gasteiger partial charge in [-0.05, 0) is 53.5 Å². The van der Waals surface area contributed by atoms with E-state index in [9.17, 15) is 4.79 Å². The van der Waals surface area contributed by atoms with Crippen LogP contribution in [0.1, 0.15) is 38.3 Å². The molecule has 0 bridgehead atoms. The lowest BCUT2D eigenvalue weighted by Gasteiger charge is -2.38. The minimum atomic E-state index is -2.21. The smallest absolute Gasteiger partial charge is 0.192 e. The van der Waals surface area contributed by atoms with Crippen LogP contribution in [0.4, 0.5) is 0 Å². The molecule has 0 aromatic heterocycles. The minimum Gasteiger partial charge on any atom is -0.410 e. The first-order valence-corrected chi connectivity index (χ1v) is 29.8. The van der Waals surface area contributed by atoms with Gasteiger partial charge in [0.1, 0.15) is 31.9 Å². The zero-order chi connectivity index (χ0) is 39.5. The number of hydrogen-bond donors (Lipinski definition) is 0. The Balaban J connectivity index is 2.04. The second-order valence-corrected chi connectivity index (χ2v) is 32.5. The van der Waals surface area contributed by atoms with Gasteiger partial charge in [0.2, 0.25) is 0 Å². The summed E-state index contributed by atoms with van der Waals surface area (Å²) in [5.74, 6) is 6.55. The second-order valence-electron chi connectivity index (χ2n) is 16.6. The lowest BCUT2D eigenvalue weighted by atomic mass is 10.0. The molecule has 0 unspecified atom stereocenters. The van der Waals surface area contributed by atoms with Gasteiger partial charge in [0, 0.05) is 35.8 Å². The van der Waals surface area contributed by atoms with Crippen molar-refractivity contribution in [1.29, 1.82) is 0 Å². The number of rotatable bonds is 23. The first kappa shape index (κ1) is 46.2. The van der Waals surface area contributed by atoms with E-state index in [-0.39, 0.29) is 19.4 Å². The fourth-order valence-electron chi connectivity index (χ4n) is 5.93. The second kappa shape index (κ2) is 23.8. The van der Waals surface area contributed by atoms with Gasteiger partial charge < -0.3 is 32.8 Å². The maximum atomic E-state index is 14.5. The lowest BCUT2D eigenvalue weighted by Crippen LogP contribution is -2.51. The van der Waals surface area contributed by atoms with Gasteiger partial charge in [0.05, 0.1) is 19.3 Å². The van der Waals surface area contributed by atoms with Crippen LogP contribution in [-0.2, 0) is 50.9 Å². The van der Waals surface area contributed by atoms with Crippen LogP contribution in [0.15, 0.2) is 72.8 Å². The highest BCUT2D eigenvalue weighted by Gasteiger charge is 2.41. The fourth-order valence-corrected chi connectivity index (χ4v) is 10.3. The van der Waals surface area contributed by atoms with E-state index in [0.717, 1.165) is 41.3 Å². The third-order valence-electron chi connectivity index (χ3n) is 9.80. The van der Waals surface area contributed by atoms with E-state index in [4.69, 9.17) is 32.8 Å². The van der Waals surface area contributed by atoms with Crippen molar-refractivity contribution in [3.05, 3.63) is 83.9 Å². The Morgan fingerprint density at radius 3 is 1.72 bits per heavy atom. The van der Waals surface area contributed by atoms with E-state index >= 15 is 0 Å². The van der Waals surface area contributed by atoms with E-state index in [0.29, 0.717) is 32.8 Å². The normalized spacial score (nSPS) is 21.9. The molecule has 0 amide bonds. The van der Waals surface area contributed by atoms with Crippen molar-refractivity contribution in [2.75, 3.05) is 26.8 Å². The predicted octanol–water partition coefficient (Wildman–Crippen LogP) is 9.48. The standard InChI is InChI=1S/C43H68O8Si3/c1-10-54(11-2,12-3)51-41-25-19-24-39(47-32-36-20-15-13-16-21-36)40(48-33-37-22-17-14-18-23-37)27-26-38(44)42(49-34-45-28-30-52(4,5)6)43(41)50-35-46-29-31-53(7,8)9/h13-18,20-23,26-27,39-43H,10-12,25,28-35H2,1-9H3/b27-26-/t39-,40-,41+,42+,43+/m0/s1. The molecule has 0 heterocycles. The summed E-state index contributed by atoms with van der Waals surface area (Å²) in [6, 6.07) is 24.7. The Morgan fingerprint density at radius 1 is 0.685 bits per heavy atom. The summed E-state index contributed by atoms with van der Waals surface area (Å²) in [4.78, 5) is 14.5. The molecule has 0 fully saturated rings. The molecule has 0 saturated heterocycles. The average Bonchev–Trinajstić information content (AvgIpc) is 3.16. The number of ether oxygens (including phenoxy) is 6. The molecule has 0 aliphatic heterocycles. The summed E-state index contributed by atoms with van der Waals surface area (Å²) in [5.41, 5.74) is 2.03. The SMILES string of the molecule is CC[Si](CC)(CC)O[C@@H]1CC#C[C@H](OCc2ccccc2)[C@@H](OCc2ccccc2)/C=C\C(=O)[C@@H](OCOCC[Si](C)(C)C)[C@@H]1OCOCC[Si](C)(C)C. The van der Waals surface area contributed by atoms with Crippen LogP contribution in [0.25, 0.3) is 0 Å². The molecule has 11 heteroatoms. The van der Waals surface area contributed by atoms with Gasteiger partial charge in [-0.25, -0.2) is 0 Å². The van der Waals surface area contributed by atoms with Crippen molar-refractivity contribution in [1.82, 2.24) is 0 Å². The first-order chi connectivity index (χ1) is 25.8. The van der Waals surface area contributed by atoms with Crippen LogP contribution in [0.3, 0.4) is 0 Å². The van der Waals surface area contributed by atoms with Crippen molar-refractivity contribution < 1.29 is 37.6 Å². The Labute approximate surface area is 329 Å². The van der Waals surface area contributed by atoms with E-state index in [1.54, 1.807) is 6.08 Å². The third-order valence-corrected chi connectivity index (χ3v) is 17.9. The molecule has 0 spiro atoms. The highest BCUT2D eigenvalue weighted by molar-refractivity contribution is 6.76. The molecule has 300 valence electrons. The molecule has 0 N–H and O–H groups in total. The van der Waals surface area contributed by atoms with Gasteiger partial charge in [-0.3, -0.25) is 4.79 Å². The van der Waals surface area contributed by atoms with Gasteiger partial charge in [0.15, 0.2) is 20.2 Å². The Morgan fingerprint density at radius 2 is 1.20 bits per heavy atom. The van der Waals surface area contributed by atoms with Gasteiger partial charge in [-0.15, -0.1) is 0 Å². The number of hydrogen-bond acceptors (Lipinski definition) is 8. The van der Waals surface area contributed by atoms with Crippen molar-refractivity contribution in [3.8, 4) is 11.8 Å². The Bertz CT molecular complexity index is 1420. The van der Waals surface area contributed by atoms with Crippen LogP contribution in [0, 0.1) is 11.8 Å². The van der Waals surface area contributed by atoms with Gasteiger partial charge >= 0.3 is 0 Å². The summed E-state index contributed by atoms with van der Waals surface area (Å²) in [7, 11) is -4.86. The topological polar surface area (TPSA) is 81.7 Å². The van der Waals surface area contributed by atoms with E-state index in [1.807, 2.05) is 60.7 Å². The van der Waals surface area contributed by atoms with Gasteiger partial charge in [-0.1, -0.05) is 133 Å². The predicted molar refractivity (Wildman–Crippen MR) is 226 cm³/mol. The van der Waals surface area contributed by atoms with Crippen LogP contribution >= 0.6 is 0 Å². The minimum absolute atomic E-state index is 0.0142. The molecular weight excluding hydrogens is 729 g/mol. The molecule has 1 aliphatic carbocycles. The Hall–Kier alpha value is -2.22. The highest BCUT2D eigenvalue weighted by Crippen LogP contribution is 2.29. The quantitative estimate of drug-likeness (QED) is 0.0477. The Kier molecular flexibility index (Phi) is 20.3. The monoisotopic (exact) mass is 796 g/mol. The molecule has 0 radical (unpaired) electrons. The molecule has 2 aromatic carbocycles. The number of benzene rings is 2. The molecule has 8 nitrogen and oxygen atoms in total. The maximum Gasteiger partial charge on any atom is 0.192 e. The fraction of sp³-hybridized carbons (Fsp3) is 0.605. The number of ketones is 1. The molecule has 5 atom stereocenters. The van der Waals surface area contributed by atoms with Gasteiger partial charge in [0.25, 0.3) is 0 Å². The average molecular weight is 797 g/mol. The van der Waals surface area contributed by atoms with Crippen LogP contribution in [-0.4, -0.2) is 87.6 Å². The zero-order valence-corrected chi connectivity index (χ0v) is 37.6. The van der Waals surface area contributed by atoms with Crippen molar-refractivity contribution in [2.24, 2.45) is 0 Å². The molecule has 3 rings (SSSR count). The van der Waals surface area contributed by atoms with Crippen molar-refractivity contribution in [3.63, 3.8) is 0 Å². The largest absolute Gasteiger partial charge is 0.410 e. The van der Waals surface area contributed by atoms with Crippen LogP contribution in [0.5, 0.6) is 0 Å². The first-order valence-electron chi connectivity index (χ1n) is 19.9. The zero-order valence-electron chi connectivity index (χ0n) is 34.6. The third kappa shape index (κ3) is 17.3. The number of carbonyl (C=O) groups excluding carboxylic acids is 1. The van der Waals surface area contributed by atoms with E-state index in [1.165, 1.54) is 6.08 Å². The summed E-state index contributed by atoms with van der Waals surface area (Å²) in [6.45, 7) is 22.3. The van der Waals surface area contributed by atoms with Crippen LogP contribution < -0.4 is 0 Å². The summed E-state index contributed by atoms with van der Waals surface area (Å²) in [5, 5.41) is 0. The molecular formula is C43H68O8Si3. The molecule has 0 saturated carbocycles. The van der Waals surface area contributed by atoms with Gasteiger partial charge in [-0.2, -0.15) is 0 Å². The summed E-state index contributed by atoms with van der Waals surface area (Å²) >= 11 is 0.